The number of aliphatic imine (C=N–C) groups is 1. The summed E-state index contributed by atoms with van der Waals surface area (Å²) in [6.45, 7) is 8.63. The number of piperidine rings is 1. The molecule has 0 aliphatic carbocycles. The molecule has 170 valence electrons. The molecule has 1 unspecified atom stereocenters. The molecule has 0 spiro atoms. The third kappa shape index (κ3) is 6.35. The van der Waals surface area contributed by atoms with Crippen LogP contribution < -0.4 is 15.4 Å². The van der Waals surface area contributed by atoms with Gasteiger partial charge < -0.3 is 19.8 Å². The van der Waals surface area contributed by atoms with Crippen LogP contribution in [0.4, 0.5) is 0 Å². The highest BCUT2D eigenvalue weighted by Crippen LogP contribution is 2.27. The van der Waals surface area contributed by atoms with Gasteiger partial charge in [-0.05, 0) is 57.3 Å². The molecule has 7 nitrogen and oxygen atoms in total. The van der Waals surface area contributed by atoms with Gasteiger partial charge in [0, 0.05) is 20.0 Å². The second-order valence-corrected chi connectivity index (χ2v) is 8.35. The number of hydrogen-bond acceptors (Lipinski definition) is 5. The van der Waals surface area contributed by atoms with Gasteiger partial charge >= 0.3 is 0 Å². The van der Waals surface area contributed by atoms with Gasteiger partial charge in [-0.3, -0.25) is 9.89 Å². The van der Waals surface area contributed by atoms with Crippen LogP contribution in [0.25, 0.3) is 0 Å². The average molecular weight is 539 g/mol. The Bertz CT molecular complexity index is 832. The van der Waals surface area contributed by atoms with Crippen LogP contribution in [-0.2, 0) is 13.0 Å². The Kier molecular flexibility index (Phi) is 8.59. The first-order valence-corrected chi connectivity index (χ1v) is 10.9. The second kappa shape index (κ2) is 11.2. The molecular formula is C23H34IN5O2. The van der Waals surface area contributed by atoms with Crippen LogP contribution >= 0.6 is 24.0 Å². The summed E-state index contributed by atoms with van der Waals surface area (Å²) in [4.78, 5) is 11.3. The van der Waals surface area contributed by atoms with Gasteiger partial charge in [-0.2, -0.15) is 0 Å². The van der Waals surface area contributed by atoms with E-state index < -0.39 is 0 Å². The maximum atomic E-state index is 6.00. The summed E-state index contributed by atoms with van der Waals surface area (Å²) >= 11 is 0. The first-order chi connectivity index (χ1) is 14.6. The van der Waals surface area contributed by atoms with Gasteiger partial charge in [0.15, 0.2) is 5.96 Å². The van der Waals surface area contributed by atoms with Crippen molar-refractivity contribution in [3.63, 3.8) is 0 Å². The van der Waals surface area contributed by atoms with Gasteiger partial charge in [-0.1, -0.05) is 18.2 Å². The van der Waals surface area contributed by atoms with E-state index in [4.69, 9.17) is 9.15 Å². The summed E-state index contributed by atoms with van der Waals surface area (Å²) in [7, 11) is 1.82. The fourth-order valence-electron chi connectivity index (χ4n) is 4.19. The first-order valence-electron chi connectivity index (χ1n) is 10.9. The molecule has 1 atom stereocenters. The maximum Gasteiger partial charge on any atom is 0.208 e. The van der Waals surface area contributed by atoms with Gasteiger partial charge in [-0.15, -0.1) is 24.0 Å². The van der Waals surface area contributed by atoms with E-state index in [0.717, 1.165) is 68.2 Å². The molecule has 1 saturated heterocycles. The number of fused-ring (bicyclic) bond motifs is 1. The number of ether oxygens (including phenoxy) is 1. The van der Waals surface area contributed by atoms with Gasteiger partial charge in [-0.25, -0.2) is 4.98 Å². The lowest BCUT2D eigenvalue weighted by Gasteiger charge is -2.31. The van der Waals surface area contributed by atoms with Gasteiger partial charge in [0.25, 0.3) is 0 Å². The molecule has 3 heterocycles. The number of nitrogens with one attached hydrogen (secondary N) is 2. The van der Waals surface area contributed by atoms with Crippen molar-refractivity contribution in [3.8, 4) is 5.75 Å². The van der Waals surface area contributed by atoms with Crippen molar-refractivity contribution in [1.29, 1.82) is 0 Å². The number of benzene rings is 1. The van der Waals surface area contributed by atoms with E-state index >= 15 is 0 Å². The molecule has 0 saturated carbocycles. The normalized spacial score (nSPS) is 19.5. The standard InChI is InChI=1S/C23H33N5O2.HI/c1-16-17(2)29-22(27-16)15-28-10-8-18(9-11-28)13-25-23(24-3)26-14-20-12-19-6-4-5-7-21(19)30-20;/h4-7,18,20H,8-15H2,1-3H3,(H2,24,25,26);1H. The van der Waals surface area contributed by atoms with Gasteiger partial charge in [0.05, 0.1) is 18.8 Å². The summed E-state index contributed by atoms with van der Waals surface area (Å²) in [5.74, 6) is 4.27. The monoisotopic (exact) mass is 539 g/mol. The number of hydrogen-bond donors (Lipinski definition) is 2. The Morgan fingerprint density at radius 3 is 2.58 bits per heavy atom. The van der Waals surface area contributed by atoms with Crippen LogP contribution in [0.2, 0.25) is 0 Å². The molecule has 1 aromatic heterocycles. The van der Waals surface area contributed by atoms with Crippen LogP contribution in [0.15, 0.2) is 33.7 Å². The number of rotatable bonds is 6. The highest BCUT2D eigenvalue weighted by molar-refractivity contribution is 14.0. The zero-order chi connectivity index (χ0) is 20.9. The molecule has 0 amide bonds. The smallest absolute Gasteiger partial charge is 0.208 e. The SMILES string of the molecule is CN=C(NCC1CCN(Cc2nc(C)c(C)o2)CC1)NCC1Cc2ccccc2O1.I. The van der Waals surface area contributed by atoms with Crippen LogP contribution in [0, 0.1) is 19.8 Å². The summed E-state index contributed by atoms with van der Waals surface area (Å²) < 4.78 is 11.7. The molecule has 2 aromatic rings. The van der Waals surface area contributed by atoms with Crippen molar-refractivity contribution in [1.82, 2.24) is 20.5 Å². The number of halogens is 1. The zero-order valence-electron chi connectivity index (χ0n) is 18.7. The molecular weight excluding hydrogens is 505 g/mol. The van der Waals surface area contributed by atoms with Crippen molar-refractivity contribution in [2.24, 2.45) is 10.9 Å². The van der Waals surface area contributed by atoms with Crippen LogP contribution in [0.1, 0.15) is 35.7 Å². The highest BCUT2D eigenvalue weighted by atomic mass is 127. The number of aromatic nitrogens is 1. The molecule has 1 fully saturated rings. The molecule has 2 aliphatic rings. The van der Waals surface area contributed by atoms with E-state index in [1.807, 2.05) is 33.0 Å². The minimum Gasteiger partial charge on any atom is -0.488 e. The largest absolute Gasteiger partial charge is 0.488 e. The minimum absolute atomic E-state index is 0. The molecule has 8 heteroatoms. The predicted octanol–water partition coefficient (Wildman–Crippen LogP) is 3.29. The number of aryl methyl sites for hydroxylation is 2. The predicted molar refractivity (Wildman–Crippen MR) is 133 cm³/mol. The Balaban J connectivity index is 0.00000272. The average Bonchev–Trinajstić information content (AvgIpc) is 3.31. The van der Waals surface area contributed by atoms with Gasteiger partial charge in [0.2, 0.25) is 5.89 Å². The molecule has 31 heavy (non-hydrogen) atoms. The van der Waals surface area contributed by atoms with Crippen LogP contribution in [0.5, 0.6) is 5.75 Å². The van der Waals surface area contributed by atoms with Crippen molar-refractivity contribution < 1.29 is 9.15 Å². The van der Waals surface area contributed by atoms with Crippen molar-refractivity contribution in [2.75, 3.05) is 33.2 Å². The number of guanidine groups is 1. The quantitative estimate of drug-likeness (QED) is 0.334. The molecule has 0 radical (unpaired) electrons. The van der Waals surface area contributed by atoms with Crippen molar-refractivity contribution in [3.05, 3.63) is 47.2 Å². The fraction of sp³-hybridized carbons (Fsp3) is 0.565. The first kappa shape index (κ1) is 23.8. The Morgan fingerprint density at radius 2 is 1.90 bits per heavy atom. The second-order valence-electron chi connectivity index (χ2n) is 8.35. The summed E-state index contributed by atoms with van der Waals surface area (Å²) in [5, 5.41) is 6.91. The molecule has 0 bridgehead atoms. The molecule has 2 N–H and O–H groups in total. The number of likely N-dealkylation sites (tertiary alicyclic amines) is 1. The lowest BCUT2D eigenvalue weighted by atomic mass is 9.97. The van der Waals surface area contributed by atoms with Gasteiger partial charge in [0.1, 0.15) is 17.6 Å². The van der Waals surface area contributed by atoms with Crippen LogP contribution in [-0.4, -0.2) is 55.2 Å². The van der Waals surface area contributed by atoms with Crippen molar-refractivity contribution >= 4 is 29.9 Å². The number of nitrogens with zero attached hydrogens (tertiary/aromatic N) is 3. The lowest BCUT2D eigenvalue weighted by molar-refractivity contribution is 0.164. The third-order valence-electron chi connectivity index (χ3n) is 6.13. The third-order valence-corrected chi connectivity index (χ3v) is 6.13. The number of oxazole rings is 1. The number of para-hydroxylation sites is 1. The summed E-state index contributed by atoms with van der Waals surface area (Å²) in [6.07, 6.45) is 3.45. The van der Waals surface area contributed by atoms with Crippen LogP contribution in [0.3, 0.4) is 0 Å². The fourth-order valence-corrected chi connectivity index (χ4v) is 4.19. The van der Waals surface area contributed by atoms with E-state index in [0.29, 0.717) is 5.92 Å². The maximum absolute atomic E-state index is 6.00. The highest BCUT2D eigenvalue weighted by Gasteiger charge is 2.23. The molecule has 1 aromatic carbocycles. The molecule has 4 rings (SSSR count). The Hall–Kier alpha value is -1.81. The van der Waals surface area contributed by atoms with Crippen molar-refractivity contribution in [2.45, 2.75) is 45.8 Å². The lowest BCUT2D eigenvalue weighted by Crippen LogP contribution is -2.45. The van der Waals surface area contributed by atoms with E-state index in [-0.39, 0.29) is 30.1 Å². The van der Waals surface area contributed by atoms with E-state index in [1.54, 1.807) is 0 Å². The summed E-state index contributed by atoms with van der Waals surface area (Å²) in [6, 6.07) is 8.27. The molecule has 2 aliphatic heterocycles. The topological polar surface area (TPSA) is 74.9 Å². The van der Waals surface area contributed by atoms with E-state index in [9.17, 15) is 0 Å². The minimum atomic E-state index is 0. The zero-order valence-corrected chi connectivity index (χ0v) is 21.0. The van der Waals surface area contributed by atoms with E-state index in [1.165, 1.54) is 18.4 Å². The van der Waals surface area contributed by atoms with E-state index in [2.05, 4.69) is 37.6 Å². The Morgan fingerprint density at radius 1 is 1.16 bits per heavy atom. The summed E-state index contributed by atoms with van der Waals surface area (Å²) in [5.41, 5.74) is 2.28. The Labute approximate surface area is 202 Å².